The van der Waals surface area contributed by atoms with Crippen LogP contribution in [-0.2, 0) is 0 Å². The first kappa shape index (κ1) is 13.1. The molecule has 0 radical (unpaired) electrons. The molecule has 0 spiro atoms. The van der Waals surface area contributed by atoms with Gasteiger partial charge in [0, 0.05) is 12.7 Å². The maximum absolute atomic E-state index is 11.7. The zero-order chi connectivity index (χ0) is 12.0. The molecule has 1 heterocycles. The largest absolute Gasteiger partial charge is 0.393 e. The second kappa shape index (κ2) is 6.60. The third-order valence-corrected chi connectivity index (χ3v) is 2.87. The van der Waals surface area contributed by atoms with Crippen LogP contribution < -0.4 is 5.32 Å². The Hall–Kier alpha value is -0.940. The van der Waals surface area contributed by atoms with E-state index >= 15 is 0 Å². The number of aromatic nitrogens is 1. The second-order valence-electron chi connectivity index (χ2n) is 3.45. The minimum Gasteiger partial charge on any atom is -0.393 e. The number of aliphatic hydroxyl groups excluding tert-OH is 1. The van der Waals surface area contributed by atoms with E-state index in [9.17, 15) is 9.90 Å². The van der Waals surface area contributed by atoms with Gasteiger partial charge in [0.1, 0.15) is 4.60 Å². The van der Waals surface area contributed by atoms with Crippen molar-refractivity contribution in [2.75, 3.05) is 6.54 Å². The van der Waals surface area contributed by atoms with Crippen molar-refractivity contribution in [3.63, 3.8) is 0 Å². The molecule has 2 N–H and O–H groups in total. The van der Waals surface area contributed by atoms with Crippen LogP contribution in [0.15, 0.2) is 22.9 Å². The van der Waals surface area contributed by atoms with Crippen molar-refractivity contribution >= 4 is 21.8 Å². The Morgan fingerprint density at radius 3 is 3.06 bits per heavy atom. The highest BCUT2D eigenvalue weighted by Crippen LogP contribution is 2.11. The van der Waals surface area contributed by atoms with Gasteiger partial charge in [-0.1, -0.05) is 6.92 Å². The summed E-state index contributed by atoms with van der Waals surface area (Å²) in [6, 6.07) is 3.41. The van der Waals surface area contributed by atoms with E-state index in [0.29, 0.717) is 29.6 Å². The van der Waals surface area contributed by atoms with Crippen LogP contribution in [0.4, 0.5) is 0 Å². The molecule has 1 amide bonds. The molecule has 1 aromatic rings. The highest BCUT2D eigenvalue weighted by atomic mass is 79.9. The van der Waals surface area contributed by atoms with E-state index in [4.69, 9.17) is 0 Å². The molecular weight excluding hydrogens is 272 g/mol. The molecule has 1 unspecified atom stereocenters. The average Bonchev–Trinajstić information content (AvgIpc) is 2.29. The summed E-state index contributed by atoms with van der Waals surface area (Å²) in [6.45, 7) is 2.37. The van der Waals surface area contributed by atoms with Crippen molar-refractivity contribution in [1.29, 1.82) is 0 Å². The Balaban J connectivity index is 2.44. The van der Waals surface area contributed by atoms with Gasteiger partial charge in [-0.25, -0.2) is 4.98 Å². The van der Waals surface area contributed by atoms with E-state index in [0.717, 1.165) is 0 Å². The van der Waals surface area contributed by atoms with Crippen LogP contribution in [0.25, 0.3) is 0 Å². The molecule has 0 fully saturated rings. The molecule has 0 aromatic carbocycles. The van der Waals surface area contributed by atoms with Gasteiger partial charge < -0.3 is 10.4 Å². The zero-order valence-corrected chi connectivity index (χ0v) is 10.7. The number of aliphatic hydroxyl groups is 1. The summed E-state index contributed by atoms with van der Waals surface area (Å²) in [4.78, 5) is 15.6. The number of nitrogens with zero attached hydrogens (tertiary/aromatic N) is 1. The molecule has 1 aromatic heterocycles. The summed E-state index contributed by atoms with van der Waals surface area (Å²) in [7, 11) is 0. The number of hydrogen-bond acceptors (Lipinski definition) is 3. The number of nitrogens with one attached hydrogen (secondary N) is 1. The zero-order valence-electron chi connectivity index (χ0n) is 9.11. The fourth-order valence-corrected chi connectivity index (χ4v) is 1.64. The summed E-state index contributed by atoms with van der Waals surface area (Å²) in [6.07, 6.45) is 2.53. The molecule has 88 valence electrons. The topological polar surface area (TPSA) is 62.2 Å². The first-order chi connectivity index (χ1) is 7.65. The van der Waals surface area contributed by atoms with E-state index < -0.39 is 0 Å². The van der Waals surface area contributed by atoms with Gasteiger partial charge in [0.15, 0.2) is 0 Å². The van der Waals surface area contributed by atoms with Crippen LogP contribution in [0.1, 0.15) is 30.1 Å². The van der Waals surface area contributed by atoms with Crippen LogP contribution >= 0.6 is 15.9 Å². The summed E-state index contributed by atoms with van der Waals surface area (Å²) in [5.41, 5.74) is 0.508. The summed E-state index contributed by atoms with van der Waals surface area (Å²) in [5.74, 6) is -0.178. The third kappa shape index (κ3) is 3.90. The van der Waals surface area contributed by atoms with Crippen molar-refractivity contribution in [2.24, 2.45) is 0 Å². The van der Waals surface area contributed by atoms with Crippen molar-refractivity contribution in [3.05, 3.63) is 28.5 Å². The molecule has 0 aliphatic carbocycles. The molecule has 5 heteroatoms. The minimum atomic E-state index is -0.349. The SMILES string of the molecule is CCC(O)CCNC(=O)c1cccnc1Br. The van der Waals surface area contributed by atoms with Crippen molar-refractivity contribution in [1.82, 2.24) is 10.3 Å². The Bertz CT molecular complexity index is 358. The molecule has 1 atom stereocenters. The van der Waals surface area contributed by atoms with Crippen LogP contribution in [0.5, 0.6) is 0 Å². The van der Waals surface area contributed by atoms with Gasteiger partial charge >= 0.3 is 0 Å². The maximum atomic E-state index is 11.7. The molecule has 1 rings (SSSR count). The fourth-order valence-electron chi connectivity index (χ4n) is 1.21. The van der Waals surface area contributed by atoms with E-state index in [-0.39, 0.29) is 12.0 Å². The molecule has 4 nitrogen and oxygen atoms in total. The van der Waals surface area contributed by atoms with Gasteiger partial charge in [-0.2, -0.15) is 0 Å². The summed E-state index contributed by atoms with van der Waals surface area (Å²) >= 11 is 3.21. The molecule has 0 saturated carbocycles. The number of carbonyl (C=O) groups is 1. The van der Waals surface area contributed by atoms with Crippen LogP contribution in [-0.4, -0.2) is 28.6 Å². The van der Waals surface area contributed by atoms with Crippen LogP contribution in [0.2, 0.25) is 0 Å². The average molecular weight is 287 g/mol. The van der Waals surface area contributed by atoms with Crippen molar-refractivity contribution in [3.8, 4) is 0 Å². The maximum Gasteiger partial charge on any atom is 0.254 e. The minimum absolute atomic E-state index is 0.178. The van der Waals surface area contributed by atoms with Crippen LogP contribution in [0, 0.1) is 0 Å². The lowest BCUT2D eigenvalue weighted by Gasteiger charge is -2.09. The molecule has 16 heavy (non-hydrogen) atoms. The first-order valence-corrected chi connectivity index (χ1v) is 6.01. The third-order valence-electron chi connectivity index (χ3n) is 2.24. The van der Waals surface area contributed by atoms with Crippen LogP contribution in [0.3, 0.4) is 0 Å². The van der Waals surface area contributed by atoms with E-state index in [1.807, 2.05) is 6.92 Å². The van der Waals surface area contributed by atoms with E-state index in [1.165, 1.54) is 0 Å². The lowest BCUT2D eigenvalue weighted by atomic mass is 10.2. The smallest absolute Gasteiger partial charge is 0.254 e. The quantitative estimate of drug-likeness (QED) is 0.811. The van der Waals surface area contributed by atoms with Gasteiger partial charge in [0.25, 0.3) is 5.91 Å². The fraction of sp³-hybridized carbons (Fsp3) is 0.455. The van der Waals surface area contributed by atoms with E-state index in [1.54, 1.807) is 18.3 Å². The van der Waals surface area contributed by atoms with Gasteiger partial charge in [0.2, 0.25) is 0 Å². The van der Waals surface area contributed by atoms with E-state index in [2.05, 4.69) is 26.2 Å². The van der Waals surface area contributed by atoms with Gasteiger partial charge in [-0.05, 0) is 40.9 Å². The van der Waals surface area contributed by atoms with Gasteiger partial charge in [-0.3, -0.25) is 4.79 Å². The lowest BCUT2D eigenvalue weighted by Crippen LogP contribution is -2.27. The van der Waals surface area contributed by atoms with Crippen molar-refractivity contribution < 1.29 is 9.90 Å². The number of hydrogen-bond donors (Lipinski definition) is 2. The number of amides is 1. The lowest BCUT2D eigenvalue weighted by molar-refractivity contribution is 0.0941. The number of carbonyl (C=O) groups excluding carboxylic acids is 1. The highest BCUT2D eigenvalue weighted by Gasteiger charge is 2.09. The molecular formula is C11H15BrN2O2. The Morgan fingerprint density at radius 1 is 1.69 bits per heavy atom. The number of rotatable bonds is 5. The Morgan fingerprint density at radius 2 is 2.44 bits per heavy atom. The molecule has 0 bridgehead atoms. The predicted molar refractivity (Wildman–Crippen MR) is 65.2 cm³/mol. The predicted octanol–water partition coefficient (Wildman–Crippen LogP) is 1.73. The number of halogens is 1. The van der Waals surface area contributed by atoms with Gasteiger partial charge in [-0.15, -0.1) is 0 Å². The molecule has 0 saturated heterocycles. The van der Waals surface area contributed by atoms with Crippen molar-refractivity contribution in [2.45, 2.75) is 25.9 Å². The molecule has 0 aliphatic heterocycles. The molecule has 0 aliphatic rings. The highest BCUT2D eigenvalue weighted by molar-refractivity contribution is 9.10. The first-order valence-electron chi connectivity index (χ1n) is 5.22. The monoisotopic (exact) mass is 286 g/mol. The standard InChI is InChI=1S/C11H15BrN2O2/c1-2-8(15)5-7-14-11(16)9-4-3-6-13-10(9)12/h3-4,6,8,15H,2,5,7H2,1H3,(H,14,16). The normalized spacial score (nSPS) is 12.2. The second-order valence-corrected chi connectivity index (χ2v) is 4.20. The Labute approximate surface area is 103 Å². The number of pyridine rings is 1. The Kier molecular flexibility index (Phi) is 5.42. The van der Waals surface area contributed by atoms with Gasteiger partial charge in [0.05, 0.1) is 11.7 Å². The summed E-state index contributed by atoms with van der Waals surface area (Å²) < 4.78 is 0.531. The summed E-state index contributed by atoms with van der Waals surface area (Å²) in [5, 5.41) is 12.1.